The van der Waals surface area contributed by atoms with Crippen molar-refractivity contribution in [2.45, 2.75) is 25.7 Å². The molecule has 2 unspecified atom stereocenters. The van der Waals surface area contributed by atoms with Crippen molar-refractivity contribution in [2.24, 2.45) is 11.8 Å². The summed E-state index contributed by atoms with van der Waals surface area (Å²) in [5.74, 6) is 2.70. The fourth-order valence-corrected chi connectivity index (χ4v) is 2.04. The topological polar surface area (TPSA) is 0 Å². The van der Waals surface area contributed by atoms with E-state index in [4.69, 9.17) is 0 Å². The Morgan fingerprint density at radius 1 is 1.50 bits per heavy atom. The highest BCUT2D eigenvalue weighted by molar-refractivity contribution is 7.80. The molecule has 10 heavy (non-hydrogen) atoms. The van der Waals surface area contributed by atoms with E-state index in [1.54, 1.807) is 0 Å². The molecule has 1 aliphatic carbocycles. The van der Waals surface area contributed by atoms with Crippen LogP contribution in [0.1, 0.15) is 25.7 Å². The smallest absolute Gasteiger partial charge is 0.00693 e. The normalized spacial score (nSPS) is 33.7. The minimum absolute atomic E-state index is 0.783. The molecule has 0 nitrogen and oxygen atoms in total. The molecule has 0 radical (unpaired) electrons. The van der Waals surface area contributed by atoms with Crippen molar-refractivity contribution < 1.29 is 0 Å². The zero-order chi connectivity index (χ0) is 7.40. The van der Waals surface area contributed by atoms with Gasteiger partial charge in [0.05, 0.1) is 0 Å². The number of hydrogen-bond donors (Lipinski definition) is 1. The summed E-state index contributed by atoms with van der Waals surface area (Å²) in [4.78, 5) is 0. The molecule has 2 atom stereocenters. The molecule has 1 rings (SSSR count). The molecule has 58 valence electrons. The summed E-state index contributed by atoms with van der Waals surface area (Å²) >= 11 is 4.31. The van der Waals surface area contributed by atoms with Crippen molar-refractivity contribution in [3.05, 3.63) is 12.7 Å². The largest absolute Gasteiger partial charge is 0.179 e. The molecule has 1 saturated carbocycles. The third-order valence-electron chi connectivity index (χ3n) is 2.41. The number of allylic oxidation sites excluding steroid dienone is 1. The van der Waals surface area contributed by atoms with Crippen LogP contribution >= 0.6 is 12.6 Å². The zero-order valence-electron chi connectivity index (χ0n) is 6.42. The van der Waals surface area contributed by atoms with E-state index in [9.17, 15) is 0 Å². The van der Waals surface area contributed by atoms with E-state index in [1.165, 1.54) is 25.7 Å². The van der Waals surface area contributed by atoms with Crippen LogP contribution in [0.25, 0.3) is 0 Å². The van der Waals surface area contributed by atoms with Gasteiger partial charge in [-0.2, -0.15) is 12.6 Å². The zero-order valence-corrected chi connectivity index (χ0v) is 7.32. The number of thiol groups is 1. The van der Waals surface area contributed by atoms with E-state index in [0.717, 1.165) is 17.6 Å². The van der Waals surface area contributed by atoms with Gasteiger partial charge in [-0.15, -0.1) is 6.58 Å². The van der Waals surface area contributed by atoms with Gasteiger partial charge in [-0.05, 0) is 36.9 Å². The standard InChI is InChI=1S/C9H16S/c1-2-8-4-3-5-9(6-8)7-10/h2,8-10H,1,3-7H2. The van der Waals surface area contributed by atoms with Crippen LogP contribution < -0.4 is 0 Å². The maximum Gasteiger partial charge on any atom is -0.00693 e. The van der Waals surface area contributed by atoms with Crippen LogP contribution in [-0.4, -0.2) is 5.75 Å². The highest BCUT2D eigenvalue weighted by Crippen LogP contribution is 2.29. The van der Waals surface area contributed by atoms with Gasteiger partial charge < -0.3 is 0 Å². The Labute approximate surface area is 69.1 Å². The lowest BCUT2D eigenvalue weighted by Gasteiger charge is -2.25. The Kier molecular flexibility index (Phi) is 3.33. The molecule has 0 spiro atoms. The molecule has 0 aliphatic heterocycles. The Hall–Kier alpha value is 0.0900. The average molecular weight is 156 g/mol. The first-order chi connectivity index (χ1) is 4.86. The van der Waals surface area contributed by atoms with Crippen LogP contribution in [0.5, 0.6) is 0 Å². The fraction of sp³-hybridized carbons (Fsp3) is 0.778. The SMILES string of the molecule is C=CC1CCCC(CS)C1. The van der Waals surface area contributed by atoms with Crippen molar-refractivity contribution in [2.75, 3.05) is 5.75 Å². The molecule has 0 aromatic carbocycles. The van der Waals surface area contributed by atoms with E-state index in [-0.39, 0.29) is 0 Å². The quantitative estimate of drug-likeness (QED) is 0.461. The van der Waals surface area contributed by atoms with Crippen LogP contribution in [0.2, 0.25) is 0 Å². The molecule has 1 heteroatoms. The van der Waals surface area contributed by atoms with Gasteiger partial charge in [0, 0.05) is 0 Å². The van der Waals surface area contributed by atoms with E-state index >= 15 is 0 Å². The van der Waals surface area contributed by atoms with Crippen LogP contribution in [0, 0.1) is 11.8 Å². The molecule has 0 aromatic rings. The van der Waals surface area contributed by atoms with Crippen molar-refractivity contribution in [1.82, 2.24) is 0 Å². The van der Waals surface area contributed by atoms with Crippen molar-refractivity contribution in [3.63, 3.8) is 0 Å². The van der Waals surface area contributed by atoms with E-state index < -0.39 is 0 Å². The van der Waals surface area contributed by atoms with Gasteiger partial charge in [0.15, 0.2) is 0 Å². The second-order valence-electron chi connectivity index (χ2n) is 3.21. The first kappa shape index (κ1) is 8.19. The van der Waals surface area contributed by atoms with Crippen LogP contribution in [0.15, 0.2) is 12.7 Å². The average Bonchev–Trinajstić information content (AvgIpc) is 2.05. The molecule has 0 saturated heterocycles. The molecule has 0 heterocycles. The lowest BCUT2D eigenvalue weighted by atomic mass is 9.82. The van der Waals surface area contributed by atoms with Gasteiger partial charge in [-0.25, -0.2) is 0 Å². The summed E-state index contributed by atoms with van der Waals surface area (Å²) in [6, 6.07) is 0. The van der Waals surface area contributed by atoms with Crippen molar-refractivity contribution >= 4 is 12.6 Å². The lowest BCUT2D eigenvalue weighted by Crippen LogP contribution is -2.14. The first-order valence-corrected chi connectivity index (χ1v) is 4.73. The fourth-order valence-electron chi connectivity index (χ4n) is 1.71. The predicted molar refractivity (Wildman–Crippen MR) is 49.5 cm³/mol. The molecule has 0 aromatic heterocycles. The summed E-state index contributed by atoms with van der Waals surface area (Å²) in [6.45, 7) is 3.83. The summed E-state index contributed by atoms with van der Waals surface area (Å²) in [5.41, 5.74) is 0. The van der Waals surface area contributed by atoms with Gasteiger partial charge in [0.25, 0.3) is 0 Å². The van der Waals surface area contributed by atoms with Gasteiger partial charge in [0.1, 0.15) is 0 Å². The Morgan fingerprint density at radius 2 is 2.30 bits per heavy atom. The second kappa shape index (κ2) is 4.07. The maximum atomic E-state index is 4.31. The van der Waals surface area contributed by atoms with E-state index in [1.807, 2.05) is 0 Å². The molecule has 1 fully saturated rings. The monoisotopic (exact) mass is 156 g/mol. The third-order valence-corrected chi connectivity index (χ3v) is 2.93. The minimum atomic E-state index is 0.783. The highest BCUT2D eigenvalue weighted by atomic mass is 32.1. The van der Waals surface area contributed by atoms with Crippen LogP contribution in [-0.2, 0) is 0 Å². The second-order valence-corrected chi connectivity index (χ2v) is 3.58. The summed E-state index contributed by atoms with van der Waals surface area (Å²) in [5, 5.41) is 0. The Bertz CT molecular complexity index is 109. The third kappa shape index (κ3) is 2.05. The lowest BCUT2D eigenvalue weighted by molar-refractivity contribution is 0.330. The Morgan fingerprint density at radius 3 is 2.90 bits per heavy atom. The molecular formula is C9H16S. The summed E-state index contributed by atoms with van der Waals surface area (Å²) in [6.07, 6.45) is 7.55. The van der Waals surface area contributed by atoms with Gasteiger partial charge in [0.2, 0.25) is 0 Å². The molecule has 0 amide bonds. The predicted octanol–water partition coefficient (Wildman–Crippen LogP) is 2.91. The first-order valence-electron chi connectivity index (χ1n) is 4.10. The van der Waals surface area contributed by atoms with Crippen molar-refractivity contribution in [1.29, 1.82) is 0 Å². The Balaban J connectivity index is 2.31. The highest BCUT2D eigenvalue weighted by Gasteiger charge is 2.17. The molecule has 1 aliphatic rings. The van der Waals surface area contributed by atoms with Gasteiger partial charge >= 0.3 is 0 Å². The van der Waals surface area contributed by atoms with Crippen LogP contribution in [0.3, 0.4) is 0 Å². The van der Waals surface area contributed by atoms with Crippen LogP contribution in [0.4, 0.5) is 0 Å². The number of rotatable bonds is 2. The summed E-state index contributed by atoms with van der Waals surface area (Å²) < 4.78 is 0. The van der Waals surface area contributed by atoms with E-state index in [2.05, 4.69) is 25.3 Å². The maximum absolute atomic E-state index is 4.31. The van der Waals surface area contributed by atoms with E-state index in [0.29, 0.717) is 0 Å². The minimum Gasteiger partial charge on any atom is -0.179 e. The van der Waals surface area contributed by atoms with Crippen molar-refractivity contribution in [3.8, 4) is 0 Å². The van der Waals surface area contributed by atoms with Gasteiger partial charge in [-0.3, -0.25) is 0 Å². The van der Waals surface area contributed by atoms with Gasteiger partial charge in [-0.1, -0.05) is 12.5 Å². The molecule has 0 bridgehead atoms. The summed E-state index contributed by atoms with van der Waals surface area (Å²) in [7, 11) is 0. The molecular weight excluding hydrogens is 140 g/mol. The molecule has 0 N–H and O–H groups in total. The number of hydrogen-bond acceptors (Lipinski definition) is 1.